The van der Waals surface area contributed by atoms with Crippen LogP contribution < -0.4 is 11.1 Å². The van der Waals surface area contributed by atoms with Crippen LogP contribution in [-0.4, -0.2) is 6.21 Å². The lowest BCUT2D eigenvalue weighted by Gasteiger charge is -2.16. The SMILES string of the molecule is NC(c1ccccc1)c1ccccc1/N=C/c1ccc(Nc2cc(-c3ccccc3S)ccc2-c2ccccc2)cc1. The van der Waals surface area contributed by atoms with Crippen molar-refractivity contribution in [3.05, 3.63) is 168 Å². The number of rotatable bonds is 8. The molecule has 1 unspecified atom stereocenters. The van der Waals surface area contributed by atoms with Gasteiger partial charge in [0.25, 0.3) is 0 Å². The second-order valence-corrected chi connectivity index (χ2v) is 10.6. The number of thiol groups is 1. The number of nitrogens with zero attached hydrogens (tertiary/aromatic N) is 1. The van der Waals surface area contributed by atoms with Crippen LogP contribution in [0.2, 0.25) is 0 Å². The number of para-hydroxylation sites is 1. The van der Waals surface area contributed by atoms with Crippen molar-refractivity contribution >= 4 is 35.9 Å². The van der Waals surface area contributed by atoms with Gasteiger partial charge in [0.15, 0.2) is 0 Å². The van der Waals surface area contributed by atoms with E-state index in [0.717, 1.165) is 60.9 Å². The van der Waals surface area contributed by atoms with E-state index in [1.54, 1.807) is 0 Å². The van der Waals surface area contributed by atoms with Crippen molar-refractivity contribution in [2.45, 2.75) is 10.9 Å². The number of benzene rings is 6. The highest BCUT2D eigenvalue weighted by atomic mass is 32.1. The molecule has 0 aromatic heterocycles. The van der Waals surface area contributed by atoms with E-state index in [1.165, 1.54) is 0 Å². The van der Waals surface area contributed by atoms with Crippen LogP contribution in [0.15, 0.2) is 162 Å². The molecule has 0 heterocycles. The summed E-state index contributed by atoms with van der Waals surface area (Å²) >= 11 is 4.69. The van der Waals surface area contributed by atoms with Gasteiger partial charge in [-0.3, -0.25) is 4.99 Å². The molecule has 0 amide bonds. The molecule has 6 rings (SSSR count). The monoisotopic (exact) mass is 561 g/mol. The average molecular weight is 562 g/mol. The highest BCUT2D eigenvalue weighted by molar-refractivity contribution is 7.80. The minimum Gasteiger partial charge on any atom is -0.355 e. The molecule has 0 aliphatic heterocycles. The molecule has 0 bridgehead atoms. The molecular weight excluding hydrogens is 531 g/mol. The highest BCUT2D eigenvalue weighted by Crippen LogP contribution is 2.36. The van der Waals surface area contributed by atoms with Crippen molar-refractivity contribution < 1.29 is 0 Å². The van der Waals surface area contributed by atoms with E-state index in [2.05, 4.69) is 78.1 Å². The molecule has 6 aromatic rings. The van der Waals surface area contributed by atoms with Crippen molar-refractivity contribution in [2.75, 3.05) is 5.32 Å². The Hall–Kier alpha value is -4.90. The fourth-order valence-corrected chi connectivity index (χ4v) is 5.35. The Morgan fingerprint density at radius 3 is 2.05 bits per heavy atom. The molecule has 42 heavy (non-hydrogen) atoms. The summed E-state index contributed by atoms with van der Waals surface area (Å²) in [5.41, 5.74) is 17.0. The minimum absolute atomic E-state index is 0.241. The van der Waals surface area contributed by atoms with E-state index in [9.17, 15) is 0 Å². The summed E-state index contributed by atoms with van der Waals surface area (Å²) in [6, 6.07) is 51.3. The van der Waals surface area contributed by atoms with Crippen LogP contribution in [0.1, 0.15) is 22.7 Å². The lowest BCUT2D eigenvalue weighted by atomic mass is 9.98. The van der Waals surface area contributed by atoms with Crippen LogP contribution in [0.3, 0.4) is 0 Å². The standard InChI is InChI=1S/C38H31N3S/c39-38(29-13-5-2-6-14-29)34-16-7-9-17-35(34)40-26-27-19-22-31(23-20-27)41-36-25-30(33-15-8-10-18-37(33)42)21-24-32(36)28-11-3-1-4-12-28/h1-26,38,41-42H,39H2/b40-26+. The predicted octanol–water partition coefficient (Wildman–Crippen LogP) is 9.85. The lowest BCUT2D eigenvalue weighted by molar-refractivity contribution is 0.872. The minimum atomic E-state index is -0.241. The third-order valence-electron chi connectivity index (χ3n) is 7.29. The van der Waals surface area contributed by atoms with Crippen LogP contribution in [-0.2, 0) is 0 Å². The predicted molar refractivity (Wildman–Crippen MR) is 180 cm³/mol. The molecule has 0 saturated carbocycles. The van der Waals surface area contributed by atoms with Crippen LogP contribution in [0.5, 0.6) is 0 Å². The van der Waals surface area contributed by atoms with E-state index < -0.39 is 0 Å². The number of nitrogens with one attached hydrogen (secondary N) is 1. The summed E-state index contributed by atoms with van der Waals surface area (Å²) in [6.45, 7) is 0. The first kappa shape index (κ1) is 27.3. The van der Waals surface area contributed by atoms with E-state index in [-0.39, 0.29) is 6.04 Å². The molecular formula is C38H31N3S. The molecule has 0 aliphatic carbocycles. The summed E-state index contributed by atoms with van der Waals surface area (Å²) in [7, 11) is 0. The smallest absolute Gasteiger partial charge is 0.0681 e. The molecule has 3 N–H and O–H groups in total. The molecule has 0 aliphatic rings. The first-order valence-electron chi connectivity index (χ1n) is 13.9. The zero-order chi connectivity index (χ0) is 28.7. The maximum Gasteiger partial charge on any atom is 0.0681 e. The largest absolute Gasteiger partial charge is 0.355 e. The van der Waals surface area contributed by atoms with Gasteiger partial charge in [0, 0.05) is 28.0 Å². The molecule has 0 spiro atoms. The Balaban J connectivity index is 1.26. The maximum atomic E-state index is 6.60. The Bertz CT molecular complexity index is 1810. The van der Waals surface area contributed by atoms with Gasteiger partial charge >= 0.3 is 0 Å². The van der Waals surface area contributed by atoms with Crippen molar-refractivity contribution in [3.8, 4) is 22.3 Å². The number of hydrogen-bond acceptors (Lipinski definition) is 4. The summed E-state index contributed by atoms with van der Waals surface area (Å²) in [6.07, 6.45) is 1.89. The highest BCUT2D eigenvalue weighted by Gasteiger charge is 2.13. The summed E-state index contributed by atoms with van der Waals surface area (Å²) < 4.78 is 0. The van der Waals surface area contributed by atoms with Gasteiger partial charge in [0.05, 0.1) is 11.7 Å². The van der Waals surface area contributed by atoms with Gasteiger partial charge < -0.3 is 11.1 Å². The van der Waals surface area contributed by atoms with Gasteiger partial charge in [0.2, 0.25) is 0 Å². The van der Waals surface area contributed by atoms with Gasteiger partial charge in [0.1, 0.15) is 0 Å². The normalized spacial score (nSPS) is 11.9. The van der Waals surface area contributed by atoms with Gasteiger partial charge in [-0.1, -0.05) is 121 Å². The summed E-state index contributed by atoms with van der Waals surface area (Å²) in [5, 5.41) is 3.66. The van der Waals surface area contributed by atoms with Gasteiger partial charge in [-0.2, -0.15) is 0 Å². The van der Waals surface area contributed by atoms with Crippen LogP contribution in [0.4, 0.5) is 17.1 Å². The molecule has 1 atom stereocenters. The van der Waals surface area contributed by atoms with Gasteiger partial charge in [-0.15, -0.1) is 12.6 Å². The van der Waals surface area contributed by atoms with E-state index in [4.69, 9.17) is 23.4 Å². The van der Waals surface area contributed by atoms with E-state index in [0.29, 0.717) is 0 Å². The number of nitrogens with two attached hydrogens (primary N) is 1. The fourth-order valence-electron chi connectivity index (χ4n) is 5.06. The Morgan fingerprint density at radius 1 is 0.619 bits per heavy atom. The average Bonchev–Trinajstić information content (AvgIpc) is 3.05. The second-order valence-electron chi connectivity index (χ2n) is 10.1. The van der Waals surface area contributed by atoms with Crippen LogP contribution in [0, 0.1) is 0 Å². The molecule has 4 heteroatoms. The Morgan fingerprint density at radius 2 is 1.29 bits per heavy atom. The summed E-state index contributed by atoms with van der Waals surface area (Å²) in [4.78, 5) is 5.76. The molecule has 6 aromatic carbocycles. The zero-order valence-electron chi connectivity index (χ0n) is 23.1. The van der Waals surface area contributed by atoms with Crippen molar-refractivity contribution in [1.29, 1.82) is 0 Å². The molecule has 3 nitrogen and oxygen atoms in total. The van der Waals surface area contributed by atoms with Crippen molar-refractivity contribution in [1.82, 2.24) is 0 Å². The number of hydrogen-bond donors (Lipinski definition) is 3. The van der Waals surface area contributed by atoms with E-state index >= 15 is 0 Å². The molecule has 204 valence electrons. The van der Waals surface area contributed by atoms with Crippen molar-refractivity contribution in [3.63, 3.8) is 0 Å². The van der Waals surface area contributed by atoms with Gasteiger partial charge in [-0.05, 0) is 63.7 Å². The number of anilines is 2. The fraction of sp³-hybridized carbons (Fsp3) is 0.0263. The first-order valence-corrected chi connectivity index (χ1v) is 14.4. The maximum absolute atomic E-state index is 6.60. The van der Waals surface area contributed by atoms with Crippen LogP contribution in [0.25, 0.3) is 22.3 Å². The quantitative estimate of drug-likeness (QED) is 0.128. The first-order chi connectivity index (χ1) is 20.7. The van der Waals surface area contributed by atoms with Crippen molar-refractivity contribution in [2.24, 2.45) is 10.7 Å². The van der Waals surface area contributed by atoms with Gasteiger partial charge in [-0.25, -0.2) is 0 Å². The third kappa shape index (κ3) is 6.21. The second kappa shape index (κ2) is 12.7. The Kier molecular flexibility index (Phi) is 8.27. The number of aliphatic imine (C=N–C) groups is 1. The molecule has 0 fully saturated rings. The molecule has 0 radical (unpaired) electrons. The Labute approximate surface area is 252 Å². The topological polar surface area (TPSA) is 50.4 Å². The van der Waals surface area contributed by atoms with Crippen LogP contribution >= 0.6 is 12.6 Å². The summed E-state index contributed by atoms with van der Waals surface area (Å²) in [5.74, 6) is 0. The third-order valence-corrected chi connectivity index (χ3v) is 7.68. The zero-order valence-corrected chi connectivity index (χ0v) is 24.0. The van der Waals surface area contributed by atoms with E-state index in [1.807, 2.05) is 85.1 Å². The lowest BCUT2D eigenvalue weighted by Crippen LogP contribution is -2.11. The molecule has 0 saturated heterocycles.